The summed E-state index contributed by atoms with van der Waals surface area (Å²) in [5, 5.41) is 10.0. The fourth-order valence-corrected chi connectivity index (χ4v) is 5.54. The van der Waals surface area contributed by atoms with Gasteiger partial charge in [-0.05, 0) is 25.2 Å². The highest BCUT2D eigenvalue weighted by Gasteiger charge is 2.53. The molecule has 7 nitrogen and oxygen atoms in total. The molecule has 0 saturated carbocycles. The van der Waals surface area contributed by atoms with Gasteiger partial charge in [-0.1, -0.05) is 20.8 Å². The number of hydrogen-bond donors (Lipinski definition) is 1. The molecule has 160 valence electrons. The van der Waals surface area contributed by atoms with Crippen LogP contribution in [0.15, 0.2) is 11.1 Å². The molecule has 1 N–H and O–H groups in total. The number of aromatic nitrogens is 2. The van der Waals surface area contributed by atoms with Gasteiger partial charge in [-0.2, -0.15) is 5.10 Å². The number of halogens is 3. The Hall–Kier alpha value is -1.78. The largest absolute Gasteiger partial charge is 0.465 e. The molecule has 0 radical (unpaired) electrons. The number of piperidine rings is 1. The van der Waals surface area contributed by atoms with Gasteiger partial charge >= 0.3 is 6.09 Å². The van der Waals surface area contributed by atoms with Gasteiger partial charge in [0.05, 0.1) is 0 Å². The van der Waals surface area contributed by atoms with Gasteiger partial charge in [0.25, 0.3) is 6.43 Å². The fourth-order valence-electron chi connectivity index (χ4n) is 3.76. The topological polar surface area (TPSA) is 92.5 Å². The summed E-state index contributed by atoms with van der Waals surface area (Å²) < 4.78 is 69.1. The van der Waals surface area contributed by atoms with Crippen molar-refractivity contribution in [2.24, 2.45) is 18.4 Å². The van der Waals surface area contributed by atoms with Gasteiger partial charge in [-0.3, -0.25) is 4.68 Å². The summed E-state index contributed by atoms with van der Waals surface area (Å²) in [6.45, 7) is 6.19. The normalized spacial score (nSPS) is 23.7. The lowest BCUT2D eigenvalue weighted by Gasteiger charge is -2.46. The molecule has 3 atom stereocenters. The molecule has 1 aliphatic heterocycles. The van der Waals surface area contributed by atoms with E-state index in [1.54, 1.807) is 20.8 Å². The van der Waals surface area contributed by atoms with Gasteiger partial charge < -0.3 is 10.0 Å². The maximum Gasteiger partial charge on any atom is 0.407 e. The number of alkyl halides is 3. The molecule has 11 heteroatoms. The highest BCUT2D eigenvalue weighted by molar-refractivity contribution is 7.92. The maximum absolute atomic E-state index is 15.7. The summed E-state index contributed by atoms with van der Waals surface area (Å²) in [5.74, 6) is -1.05. The van der Waals surface area contributed by atoms with E-state index in [9.17, 15) is 27.1 Å². The van der Waals surface area contributed by atoms with Crippen LogP contribution in [0, 0.1) is 11.3 Å². The van der Waals surface area contributed by atoms with E-state index >= 15 is 4.39 Å². The van der Waals surface area contributed by atoms with Crippen LogP contribution in [-0.2, 0) is 16.9 Å². The molecule has 3 unspecified atom stereocenters. The summed E-state index contributed by atoms with van der Waals surface area (Å²) >= 11 is 0. The smallest absolute Gasteiger partial charge is 0.407 e. The summed E-state index contributed by atoms with van der Waals surface area (Å²) in [5.41, 5.74) is -1.54. The van der Waals surface area contributed by atoms with Crippen LogP contribution in [-0.4, -0.2) is 51.9 Å². The SMILES string of the molecule is Cn1cc(S(=O)(=O)C(C)(F)C2CCN(C(=O)O)C(C(C)(C)C)C2)c(C(F)F)n1. The van der Waals surface area contributed by atoms with Crippen molar-refractivity contribution in [2.75, 3.05) is 6.54 Å². The van der Waals surface area contributed by atoms with E-state index in [4.69, 9.17) is 0 Å². The minimum absolute atomic E-state index is 0.0324. The number of aryl methyl sites for hydroxylation is 1. The zero-order valence-electron chi connectivity index (χ0n) is 16.5. The molecule has 0 aliphatic carbocycles. The summed E-state index contributed by atoms with van der Waals surface area (Å²) in [7, 11) is -3.52. The molecule has 1 aromatic rings. The molecule has 1 aromatic heterocycles. The number of nitrogens with zero attached hydrogens (tertiary/aromatic N) is 3. The van der Waals surface area contributed by atoms with Crippen molar-refractivity contribution in [3.8, 4) is 0 Å². The van der Waals surface area contributed by atoms with Crippen molar-refractivity contribution in [3.05, 3.63) is 11.9 Å². The van der Waals surface area contributed by atoms with E-state index in [-0.39, 0.29) is 19.4 Å². The average Bonchev–Trinajstić information content (AvgIpc) is 2.96. The minimum Gasteiger partial charge on any atom is -0.465 e. The second kappa shape index (κ2) is 7.23. The third-order valence-electron chi connectivity index (χ3n) is 5.42. The van der Waals surface area contributed by atoms with Gasteiger partial charge in [0, 0.05) is 31.7 Å². The lowest BCUT2D eigenvalue weighted by atomic mass is 9.76. The van der Waals surface area contributed by atoms with E-state index < -0.39 is 55.3 Å². The quantitative estimate of drug-likeness (QED) is 0.795. The Bertz CT molecular complexity index is 846. The number of carboxylic acid groups (broad SMARTS) is 1. The van der Waals surface area contributed by atoms with Gasteiger partial charge in [0.2, 0.25) is 14.8 Å². The molecule has 1 amide bonds. The first-order valence-electron chi connectivity index (χ1n) is 8.85. The van der Waals surface area contributed by atoms with Crippen LogP contribution >= 0.6 is 0 Å². The third kappa shape index (κ3) is 3.85. The summed E-state index contributed by atoms with van der Waals surface area (Å²) in [4.78, 5) is 11.9. The second-order valence-electron chi connectivity index (χ2n) is 8.42. The Labute approximate surface area is 162 Å². The molecule has 1 aliphatic rings. The van der Waals surface area contributed by atoms with Crippen LogP contribution in [0.3, 0.4) is 0 Å². The molecule has 0 bridgehead atoms. The molecule has 0 spiro atoms. The lowest BCUT2D eigenvalue weighted by Crippen LogP contribution is -2.55. The minimum atomic E-state index is -4.80. The first kappa shape index (κ1) is 22.5. The first-order chi connectivity index (χ1) is 12.6. The molecular weight excluding hydrogens is 399 g/mol. The number of amides is 1. The van der Waals surface area contributed by atoms with Crippen molar-refractivity contribution >= 4 is 15.9 Å². The van der Waals surface area contributed by atoms with Crippen molar-refractivity contribution in [3.63, 3.8) is 0 Å². The Morgan fingerprint density at radius 3 is 2.36 bits per heavy atom. The van der Waals surface area contributed by atoms with Crippen molar-refractivity contribution in [2.45, 2.75) is 62.9 Å². The number of sulfone groups is 1. The molecule has 28 heavy (non-hydrogen) atoms. The Morgan fingerprint density at radius 2 is 1.89 bits per heavy atom. The second-order valence-corrected chi connectivity index (χ2v) is 10.7. The average molecular weight is 425 g/mol. The lowest BCUT2D eigenvalue weighted by molar-refractivity contribution is 0.0152. The van der Waals surface area contributed by atoms with Gasteiger partial charge in [0.1, 0.15) is 10.6 Å². The predicted octanol–water partition coefficient (Wildman–Crippen LogP) is 3.62. The van der Waals surface area contributed by atoms with Crippen LogP contribution in [0.25, 0.3) is 0 Å². The highest BCUT2D eigenvalue weighted by atomic mass is 32.2. The molecule has 2 rings (SSSR count). The summed E-state index contributed by atoms with van der Waals surface area (Å²) in [6, 6.07) is -0.613. The molecule has 0 aromatic carbocycles. The van der Waals surface area contributed by atoms with Crippen molar-refractivity contribution in [1.82, 2.24) is 14.7 Å². The number of likely N-dealkylation sites (tertiary alicyclic amines) is 1. The Morgan fingerprint density at radius 1 is 1.32 bits per heavy atom. The molecule has 2 heterocycles. The fraction of sp³-hybridized carbons (Fsp3) is 0.765. The van der Waals surface area contributed by atoms with E-state index in [0.717, 1.165) is 17.8 Å². The molecule has 1 fully saturated rings. The zero-order valence-corrected chi connectivity index (χ0v) is 17.3. The van der Waals surface area contributed by atoms with Gasteiger partial charge in [-0.25, -0.2) is 26.4 Å². The van der Waals surface area contributed by atoms with Gasteiger partial charge in [-0.15, -0.1) is 0 Å². The van der Waals surface area contributed by atoms with Crippen LogP contribution in [0.5, 0.6) is 0 Å². The zero-order chi connectivity index (χ0) is 21.7. The first-order valence-corrected chi connectivity index (χ1v) is 10.3. The predicted molar refractivity (Wildman–Crippen MR) is 95.6 cm³/mol. The van der Waals surface area contributed by atoms with E-state index in [2.05, 4.69) is 5.10 Å². The number of carbonyl (C=O) groups is 1. The van der Waals surface area contributed by atoms with E-state index in [0.29, 0.717) is 0 Å². The van der Waals surface area contributed by atoms with Crippen molar-refractivity contribution in [1.29, 1.82) is 0 Å². The van der Waals surface area contributed by atoms with E-state index in [1.165, 1.54) is 11.9 Å². The van der Waals surface area contributed by atoms with Crippen molar-refractivity contribution < 1.29 is 31.5 Å². The standard InChI is InChI=1S/C17H26F3N3O4S/c1-16(2,3)12-8-10(6-7-23(12)15(24)25)17(4,20)28(26,27)11-9-22(5)21-13(11)14(18)19/h9-10,12,14H,6-8H2,1-5H3,(H,24,25). The number of hydrogen-bond acceptors (Lipinski definition) is 4. The monoisotopic (exact) mass is 425 g/mol. The van der Waals surface area contributed by atoms with Gasteiger partial charge in [0.15, 0.2) is 0 Å². The Balaban J connectivity index is 2.45. The molecular formula is C17H26F3N3O4S. The van der Waals surface area contributed by atoms with Crippen LogP contribution in [0.2, 0.25) is 0 Å². The van der Waals surface area contributed by atoms with Crippen LogP contribution < -0.4 is 0 Å². The Kier molecular flexibility index (Phi) is 5.82. The highest BCUT2D eigenvalue weighted by Crippen LogP contribution is 2.45. The van der Waals surface area contributed by atoms with Crippen LogP contribution in [0.1, 0.15) is 52.7 Å². The van der Waals surface area contributed by atoms with Crippen LogP contribution in [0.4, 0.5) is 18.0 Å². The van der Waals surface area contributed by atoms with E-state index in [1.807, 2.05) is 0 Å². The molecule has 1 saturated heterocycles. The number of rotatable bonds is 4. The summed E-state index contributed by atoms with van der Waals surface area (Å²) in [6.07, 6.45) is -3.52. The third-order valence-corrected chi connectivity index (χ3v) is 7.70. The maximum atomic E-state index is 15.7.